The Morgan fingerprint density at radius 2 is 1.96 bits per heavy atom. The average Bonchev–Trinajstić information content (AvgIpc) is 2.54. The lowest BCUT2D eigenvalue weighted by Gasteiger charge is -2.16. The van der Waals surface area contributed by atoms with E-state index in [4.69, 9.17) is 33.1 Å². The third-order valence-electron chi connectivity index (χ3n) is 3.26. The van der Waals surface area contributed by atoms with Crippen LogP contribution in [0, 0.1) is 0 Å². The van der Waals surface area contributed by atoms with E-state index in [0.717, 1.165) is 0 Å². The van der Waals surface area contributed by atoms with Crippen LogP contribution in [0.2, 0.25) is 10.0 Å². The summed E-state index contributed by atoms with van der Waals surface area (Å²) in [5.74, 6) is -0.0445. The van der Waals surface area contributed by atoms with Crippen molar-refractivity contribution in [1.82, 2.24) is 5.32 Å². The number of sulfonamides is 1. The molecule has 0 spiro atoms. The predicted molar refractivity (Wildman–Crippen MR) is 96.2 cm³/mol. The van der Waals surface area contributed by atoms with E-state index in [9.17, 15) is 13.2 Å². The third-order valence-corrected chi connectivity index (χ3v) is 4.70. The van der Waals surface area contributed by atoms with Gasteiger partial charge in [-0.25, -0.2) is 13.6 Å². The van der Waals surface area contributed by atoms with Crippen LogP contribution in [0.5, 0.6) is 5.75 Å². The van der Waals surface area contributed by atoms with Gasteiger partial charge in [-0.05, 0) is 42.8 Å². The zero-order valence-electron chi connectivity index (χ0n) is 13.2. The van der Waals surface area contributed by atoms with E-state index in [1.807, 2.05) is 0 Å². The van der Waals surface area contributed by atoms with Crippen LogP contribution in [-0.4, -0.2) is 20.4 Å². The molecule has 0 aromatic heterocycles. The molecule has 0 radical (unpaired) electrons. The third kappa shape index (κ3) is 5.61. The second-order valence-corrected chi connectivity index (χ2v) is 7.65. The zero-order valence-corrected chi connectivity index (χ0v) is 15.5. The Kier molecular flexibility index (Phi) is 6.29. The van der Waals surface area contributed by atoms with Crippen LogP contribution in [0.1, 0.15) is 12.5 Å². The van der Waals surface area contributed by atoms with Crippen molar-refractivity contribution in [3.8, 4) is 5.75 Å². The number of amides is 1. The normalized spacial score (nSPS) is 12.5. The van der Waals surface area contributed by atoms with Gasteiger partial charge in [0.1, 0.15) is 5.75 Å². The highest BCUT2D eigenvalue weighted by atomic mass is 35.5. The van der Waals surface area contributed by atoms with Crippen LogP contribution in [-0.2, 0) is 21.4 Å². The number of ether oxygens (including phenoxy) is 1. The van der Waals surface area contributed by atoms with Crippen LogP contribution in [0.3, 0.4) is 0 Å². The SMILES string of the molecule is CC(Oc1ccc(Cl)cc1Cl)C(=O)NCc1cccc(S(N)(=O)=O)c1. The van der Waals surface area contributed by atoms with Crippen LogP contribution >= 0.6 is 23.2 Å². The fourth-order valence-corrected chi connectivity index (χ4v) is 3.02. The highest BCUT2D eigenvalue weighted by Crippen LogP contribution is 2.28. The first-order chi connectivity index (χ1) is 11.7. The molecule has 2 rings (SSSR count). The molecule has 0 saturated heterocycles. The van der Waals surface area contributed by atoms with Crippen molar-refractivity contribution < 1.29 is 17.9 Å². The molecule has 0 fully saturated rings. The molecule has 0 heterocycles. The van der Waals surface area contributed by atoms with E-state index in [0.29, 0.717) is 21.4 Å². The summed E-state index contributed by atoms with van der Waals surface area (Å²) in [5, 5.41) is 8.50. The molecule has 25 heavy (non-hydrogen) atoms. The summed E-state index contributed by atoms with van der Waals surface area (Å²) < 4.78 is 28.2. The number of carbonyl (C=O) groups is 1. The summed E-state index contributed by atoms with van der Waals surface area (Å²) >= 11 is 11.8. The Labute approximate surface area is 155 Å². The Bertz CT molecular complexity index is 887. The molecule has 9 heteroatoms. The van der Waals surface area contributed by atoms with E-state index in [1.54, 1.807) is 31.2 Å². The van der Waals surface area contributed by atoms with Crippen molar-refractivity contribution in [2.24, 2.45) is 5.14 Å². The molecule has 0 aliphatic rings. The van der Waals surface area contributed by atoms with Crippen LogP contribution in [0.4, 0.5) is 0 Å². The quantitative estimate of drug-likeness (QED) is 0.775. The van der Waals surface area contributed by atoms with Crippen molar-refractivity contribution in [3.63, 3.8) is 0 Å². The highest BCUT2D eigenvalue weighted by Gasteiger charge is 2.16. The van der Waals surface area contributed by atoms with Crippen molar-refractivity contribution >= 4 is 39.1 Å². The summed E-state index contributed by atoms with van der Waals surface area (Å²) in [7, 11) is -3.79. The van der Waals surface area contributed by atoms with Gasteiger partial charge in [0, 0.05) is 11.6 Å². The summed E-state index contributed by atoms with van der Waals surface area (Å²) in [5.41, 5.74) is 0.594. The Morgan fingerprint density at radius 3 is 2.60 bits per heavy atom. The summed E-state index contributed by atoms with van der Waals surface area (Å²) in [6.07, 6.45) is -0.805. The molecule has 1 amide bonds. The minimum atomic E-state index is -3.79. The van der Waals surface area contributed by atoms with Gasteiger partial charge in [-0.1, -0.05) is 35.3 Å². The minimum Gasteiger partial charge on any atom is -0.479 e. The number of rotatable bonds is 6. The Hall–Kier alpha value is -1.80. The van der Waals surface area contributed by atoms with Crippen molar-refractivity contribution in [1.29, 1.82) is 0 Å². The fourth-order valence-electron chi connectivity index (χ4n) is 1.98. The maximum absolute atomic E-state index is 12.1. The Morgan fingerprint density at radius 1 is 1.24 bits per heavy atom. The average molecular weight is 403 g/mol. The molecule has 2 aromatic carbocycles. The maximum atomic E-state index is 12.1. The maximum Gasteiger partial charge on any atom is 0.261 e. The van der Waals surface area contributed by atoms with Gasteiger partial charge >= 0.3 is 0 Å². The molecule has 2 aromatic rings. The first-order valence-electron chi connectivity index (χ1n) is 7.18. The van der Waals surface area contributed by atoms with Crippen molar-refractivity contribution in [2.75, 3.05) is 0 Å². The zero-order chi connectivity index (χ0) is 18.6. The molecular formula is C16H16Cl2N2O4S. The minimum absolute atomic E-state index is 0.0171. The molecule has 3 N–H and O–H groups in total. The first kappa shape index (κ1) is 19.5. The summed E-state index contributed by atoms with van der Waals surface area (Å²) in [4.78, 5) is 12.1. The van der Waals surface area contributed by atoms with E-state index in [-0.39, 0.29) is 17.3 Å². The summed E-state index contributed by atoms with van der Waals surface area (Å²) in [6.45, 7) is 1.70. The molecule has 134 valence electrons. The van der Waals surface area contributed by atoms with Gasteiger partial charge in [0.05, 0.1) is 9.92 Å². The number of benzene rings is 2. The second-order valence-electron chi connectivity index (χ2n) is 5.25. The lowest BCUT2D eigenvalue weighted by atomic mass is 10.2. The number of halogens is 2. The predicted octanol–water partition coefficient (Wildman–Crippen LogP) is 2.72. The number of nitrogens with two attached hydrogens (primary N) is 1. The van der Waals surface area contributed by atoms with E-state index in [1.165, 1.54) is 18.2 Å². The molecule has 0 bridgehead atoms. The smallest absolute Gasteiger partial charge is 0.261 e. The van der Waals surface area contributed by atoms with Gasteiger partial charge in [-0.2, -0.15) is 0 Å². The molecule has 0 aliphatic heterocycles. The molecule has 1 unspecified atom stereocenters. The Balaban J connectivity index is 1.98. The van der Waals surface area contributed by atoms with Gasteiger partial charge in [-0.15, -0.1) is 0 Å². The summed E-state index contributed by atoms with van der Waals surface area (Å²) in [6, 6.07) is 10.7. The number of hydrogen-bond acceptors (Lipinski definition) is 4. The number of primary sulfonamides is 1. The highest BCUT2D eigenvalue weighted by molar-refractivity contribution is 7.89. The number of nitrogens with one attached hydrogen (secondary N) is 1. The largest absolute Gasteiger partial charge is 0.479 e. The molecule has 6 nitrogen and oxygen atoms in total. The first-order valence-corrected chi connectivity index (χ1v) is 9.48. The standard InChI is InChI=1S/C16H16Cl2N2O4S/c1-10(24-15-6-5-12(17)8-14(15)18)16(21)20-9-11-3-2-4-13(7-11)25(19,22)23/h2-8,10H,9H2,1H3,(H,20,21)(H2,19,22,23). The lowest BCUT2D eigenvalue weighted by molar-refractivity contribution is -0.127. The van der Waals surface area contributed by atoms with Gasteiger partial charge in [0.25, 0.3) is 5.91 Å². The van der Waals surface area contributed by atoms with E-state index < -0.39 is 16.1 Å². The molecular weight excluding hydrogens is 387 g/mol. The topological polar surface area (TPSA) is 98.5 Å². The molecule has 0 saturated carbocycles. The van der Waals surface area contributed by atoms with Crippen LogP contribution in [0.25, 0.3) is 0 Å². The molecule has 1 atom stereocenters. The number of hydrogen-bond donors (Lipinski definition) is 2. The molecule has 0 aliphatic carbocycles. The van der Waals surface area contributed by atoms with E-state index >= 15 is 0 Å². The van der Waals surface area contributed by atoms with Gasteiger partial charge in [0.2, 0.25) is 10.0 Å². The van der Waals surface area contributed by atoms with Crippen molar-refractivity contribution in [3.05, 3.63) is 58.1 Å². The van der Waals surface area contributed by atoms with Gasteiger partial charge < -0.3 is 10.1 Å². The lowest BCUT2D eigenvalue weighted by Crippen LogP contribution is -2.36. The van der Waals surface area contributed by atoms with Gasteiger partial charge in [-0.3, -0.25) is 4.79 Å². The van der Waals surface area contributed by atoms with Crippen LogP contribution in [0.15, 0.2) is 47.4 Å². The van der Waals surface area contributed by atoms with E-state index in [2.05, 4.69) is 5.32 Å². The van der Waals surface area contributed by atoms with Crippen LogP contribution < -0.4 is 15.2 Å². The van der Waals surface area contributed by atoms with Gasteiger partial charge in [0.15, 0.2) is 6.10 Å². The monoisotopic (exact) mass is 402 g/mol. The number of carbonyl (C=O) groups excluding carboxylic acids is 1. The fraction of sp³-hybridized carbons (Fsp3) is 0.188. The second kappa shape index (κ2) is 8.05. The van der Waals surface area contributed by atoms with Crippen molar-refractivity contribution in [2.45, 2.75) is 24.5 Å².